The molecule has 0 aliphatic heterocycles. The molecule has 12 rings (SSSR count). The molecule has 0 saturated carbocycles. The summed E-state index contributed by atoms with van der Waals surface area (Å²) in [6, 6.07) is 64.8. The van der Waals surface area contributed by atoms with Crippen LogP contribution < -0.4 is 0 Å². The summed E-state index contributed by atoms with van der Waals surface area (Å²) >= 11 is 3.69. The Kier molecular flexibility index (Phi) is 7.24. The topological polar surface area (TPSA) is 43.6 Å². The van der Waals surface area contributed by atoms with E-state index in [4.69, 9.17) is 15.0 Å². The molecule has 4 heterocycles. The van der Waals surface area contributed by atoms with Crippen molar-refractivity contribution < 1.29 is 0 Å². The second kappa shape index (κ2) is 12.8. The van der Waals surface area contributed by atoms with Gasteiger partial charge in [0.15, 0.2) is 17.5 Å². The van der Waals surface area contributed by atoms with E-state index in [0.717, 1.165) is 16.7 Å². The van der Waals surface area contributed by atoms with Gasteiger partial charge in [0.05, 0.1) is 16.7 Å². The quantitative estimate of drug-likeness (QED) is 0.175. The molecule has 0 amide bonds. The van der Waals surface area contributed by atoms with Gasteiger partial charge in [-0.15, -0.1) is 22.7 Å². The lowest BCUT2D eigenvalue weighted by molar-refractivity contribution is 1.08. The molecule has 4 nitrogen and oxygen atoms in total. The van der Waals surface area contributed by atoms with Crippen molar-refractivity contribution in [1.82, 2.24) is 19.5 Å². The Morgan fingerprint density at radius 3 is 1.44 bits per heavy atom. The Morgan fingerprint density at radius 2 is 0.789 bits per heavy atom. The molecule has 0 fully saturated rings. The van der Waals surface area contributed by atoms with Gasteiger partial charge in [0.25, 0.3) is 0 Å². The van der Waals surface area contributed by atoms with Crippen LogP contribution in [0.4, 0.5) is 0 Å². The van der Waals surface area contributed by atoms with Crippen LogP contribution in [0.3, 0.4) is 0 Å². The predicted molar refractivity (Wildman–Crippen MR) is 242 cm³/mol. The summed E-state index contributed by atoms with van der Waals surface area (Å²) in [4.78, 5) is 15.2. The SMILES string of the molecule is c1ccc(-c2nc(-c3ccccc3)nc(-c3cccc4c3sc3cccc(-c5cccc6c5sc5cccc(-n7c8ccccc8c8ccccc87)c56)c34)n2)cc1. The predicted octanol–water partition coefficient (Wildman–Crippen LogP) is 14.4. The zero-order valence-electron chi connectivity index (χ0n) is 30.4. The number of nitrogens with zero attached hydrogens (tertiary/aromatic N) is 4. The Hall–Kier alpha value is -6.99. The van der Waals surface area contributed by atoms with Gasteiger partial charge in [0.2, 0.25) is 0 Å². The van der Waals surface area contributed by atoms with Gasteiger partial charge in [-0.25, -0.2) is 15.0 Å². The molecule has 0 radical (unpaired) electrons. The Balaban J connectivity index is 1.07. The van der Waals surface area contributed by atoms with E-state index < -0.39 is 0 Å². The molecule has 4 aromatic heterocycles. The van der Waals surface area contributed by atoms with E-state index in [9.17, 15) is 0 Å². The average molecular weight is 763 g/mol. The number of rotatable bonds is 5. The Labute approximate surface area is 335 Å². The van der Waals surface area contributed by atoms with E-state index in [-0.39, 0.29) is 0 Å². The molecule has 0 aliphatic rings. The molecule has 0 unspecified atom stereocenters. The van der Waals surface area contributed by atoms with Crippen LogP contribution in [0, 0.1) is 0 Å². The molecule has 0 saturated heterocycles. The normalized spacial score (nSPS) is 11.9. The molecular formula is C51H30N4S2. The van der Waals surface area contributed by atoms with E-state index in [2.05, 4.69) is 150 Å². The van der Waals surface area contributed by atoms with Crippen LogP contribution in [0.25, 0.3) is 113 Å². The van der Waals surface area contributed by atoms with Crippen molar-refractivity contribution in [1.29, 1.82) is 0 Å². The first kappa shape index (κ1) is 32.3. The molecule has 0 N–H and O–H groups in total. The van der Waals surface area contributed by atoms with Crippen molar-refractivity contribution in [2.75, 3.05) is 0 Å². The van der Waals surface area contributed by atoms with Crippen LogP contribution in [0.15, 0.2) is 182 Å². The highest BCUT2D eigenvalue weighted by Gasteiger charge is 2.21. The maximum atomic E-state index is 5.12. The fourth-order valence-corrected chi connectivity index (χ4v) is 11.1. The smallest absolute Gasteiger partial charge is 0.165 e. The van der Waals surface area contributed by atoms with Gasteiger partial charge < -0.3 is 4.57 Å². The summed E-state index contributed by atoms with van der Waals surface area (Å²) in [5.74, 6) is 2.00. The molecule has 0 atom stereocenters. The largest absolute Gasteiger partial charge is 0.309 e. The summed E-state index contributed by atoms with van der Waals surface area (Å²) < 4.78 is 7.43. The number of hydrogen-bond acceptors (Lipinski definition) is 5. The number of fused-ring (bicyclic) bond motifs is 9. The summed E-state index contributed by atoms with van der Waals surface area (Å²) in [5, 5.41) is 7.56. The first-order valence-electron chi connectivity index (χ1n) is 19.0. The zero-order valence-corrected chi connectivity index (χ0v) is 32.1. The number of para-hydroxylation sites is 2. The van der Waals surface area contributed by atoms with E-state index in [1.165, 1.54) is 79.0 Å². The third-order valence-electron chi connectivity index (χ3n) is 11.1. The maximum Gasteiger partial charge on any atom is 0.165 e. The zero-order chi connectivity index (χ0) is 37.5. The number of benzene rings is 8. The molecule has 0 spiro atoms. The lowest BCUT2D eigenvalue weighted by Crippen LogP contribution is -2.00. The Bertz CT molecular complexity index is 3410. The molecule has 0 bridgehead atoms. The van der Waals surface area contributed by atoms with Gasteiger partial charge in [0.1, 0.15) is 0 Å². The molecule has 6 heteroatoms. The van der Waals surface area contributed by atoms with Gasteiger partial charge in [-0.2, -0.15) is 0 Å². The first-order valence-corrected chi connectivity index (χ1v) is 20.7. The van der Waals surface area contributed by atoms with Gasteiger partial charge in [-0.3, -0.25) is 0 Å². The van der Waals surface area contributed by atoms with Crippen LogP contribution in [-0.4, -0.2) is 19.5 Å². The van der Waals surface area contributed by atoms with Crippen LogP contribution in [-0.2, 0) is 0 Å². The number of aromatic nitrogens is 4. The lowest BCUT2D eigenvalue weighted by atomic mass is 9.97. The van der Waals surface area contributed by atoms with Crippen LogP contribution in [0.1, 0.15) is 0 Å². The minimum Gasteiger partial charge on any atom is -0.309 e. The number of hydrogen-bond donors (Lipinski definition) is 0. The van der Waals surface area contributed by atoms with Crippen LogP contribution >= 0.6 is 22.7 Å². The van der Waals surface area contributed by atoms with Gasteiger partial charge in [-0.05, 0) is 42.0 Å². The minimum atomic E-state index is 0.662. The van der Waals surface area contributed by atoms with Crippen molar-refractivity contribution in [3.8, 4) is 51.0 Å². The molecule has 8 aromatic carbocycles. The Morgan fingerprint density at radius 1 is 0.333 bits per heavy atom. The molecule has 0 aliphatic carbocycles. The van der Waals surface area contributed by atoms with Crippen molar-refractivity contribution in [3.05, 3.63) is 182 Å². The molecule has 57 heavy (non-hydrogen) atoms. The summed E-state index contributed by atoms with van der Waals surface area (Å²) in [5.41, 5.74) is 9.05. The second-order valence-corrected chi connectivity index (χ2v) is 16.4. The maximum absolute atomic E-state index is 5.12. The summed E-state index contributed by atoms with van der Waals surface area (Å²) in [6.45, 7) is 0. The van der Waals surface area contributed by atoms with Gasteiger partial charge in [-0.1, -0.05) is 146 Å². The van der Waals surface area contributed by atoms with Crippen LogP contribution in [0.2, 0.25) is 0 Å². The molecule has 12 aromatic rings. The lowest BCUT2D eigenvalue weighted by Gasteiger charge is -2.11. The molecular weight excluding hydrogens is 733 g/mol. The van der Waals surface area contributed by atoms with Crippen molar-refractivity contribution in [2.24, 2.45) is 0 Å². The average Bonchev–Trinajstić information content (AvgIpc) is 3.97. The highest BCUT2D eigenvalue weighted by molar-refractivity contribution is 7.27. The van der Waals surface area contributed by atoms with Crippen molar-refractivity contribution >= 4 is 84.8 Å². The standard InChI is InChI=1S/C51H30N4S2/c1-3-15-31(16-4-1)49-52-50(32-17-5-2-6-18-32)54-51(53-49)39-25-12-23-37-45-35(21-13-29-43(45)56-48(37)39)36-22-11-24-38-46-42(28-14-30-44(46)57-47(36)38)55-40-26-9-7-19-33(40)34-20-8-10-27-41(34)55/h1-30H. The highest BCUT2D eigenvalue weighted by Crippen LogP contribution is 2.48. The van der Waals surface area contributed by atoms with E-state index in [1.807, 2.05) is 59.1 Å². The van der Waals surface area contributed by atoms with Crippen LogP contribution in [0.5, 0.6) is 0 Å². The van der Waals surface area contributed by atoms with Gasteiger partial charge >= 0.3 is 0 Å². The fraction of sp³-hybridized carbons (Fsp3) is 0. The second-order valence-electron chi connectivity index (χ2n) is 14.3. The highest BCUT2D eigenvalue weighted by atomic mass is 32.1. The monoisotopic (exact) mass is 762 g/mol. The van der Waals surface area contributed by atoms with E-state index in [0.29, 0.717) is 17.5 Å². The number of thiophene rings is 2. The first-order chi connectivity index (χ1) is 28.3. The third kappa shape index (κ3) is 5.01. The van der Waals surface area contributed by atoms with E-state index in [1.54, 1.807) is 0 Å². The van der Waals surface area contributed by atoms with Crippen molar-refractivity contribution in [3.63, 3.8) is 0 Å². The van der Waals surface area contributed by atoms with Gasteiger partial charge in [0, 0.05) is 73.4 Å². The van der Waals surface area contributed by atoms with Crippen molar-refractivity contribution in [2.45, 2.75) is 0 Å². The summed E-state index contributed by atoms with van der Waals surface area (Å²) in [7, 11) is 0. The van der Waals surface area contributed by atoms with E-state index >= 15 is 0 Å². The fourth-order valence-electron chi connectivity index (χ4n) is 8.59. The third-order valence-corrected chi connectivity index (χ3v) is 13.5. The minimum absolute atomic E-state index is 0.662. The summed E-state index contributed by atoms with van der Waals surface area (Å²) in [6.07, 6.45) is 0. The molecule has 266 valence electrons.